The van der Waals surface area contributed by atoms with E-state index in [-0.39, 0.29) is 18.3 Å². The van der Waals surface area contributed by atoms with Crippen molar-refractivity contribution in [1.82, 2.24) is 5.32 Å². The van der Waals surface area contributed by atoms with Crippen LogP contribution >= 0.6 is 27.5 Å². The Kier molecular flexibility index (Phi) is 4.33. The fourth-order valence-electron chi connectivity index (χ4n) is 2.54. The SMILES string of the molecule is CC1(C)CC(O)(CNC(=O)CCl)c2cc(Br)ccc2O1. The van der Waals surface area contributed by atoms with Crippen LogP contribution in [0.3, 0.4) is 0 Å². The van der Waals surface area contributed by atoms with E-state index in [0.29, 0.717) is 17.7 Å². The van der Waals surface area contributed by atoms with E-state index in [1.807, 2.05) is 32.0 Å². The van der Waals surface area contributed by atoms with Gasteiger partial charge < -0.3 is 15.2 Å². The maximum absolute atomic E-state index is 11.3. The van der Waals surface area contributed by atoms with E-state index >= 15 is 0 Å². The minimum absolute atomic E-state index is 0.106. The van der Waals surface area contributed by atoms with Gasteiger partial charge in [-0.1, -0.05) is 15.9 Å². The van der Waals surface area contributed by atoms with Crippen molar-refractivity contribution in [2.24, 2.45) is 0 Å². The average molecular weight is 363 g/mol. The summed E-state index contributed by atoms with van der Waals surface area (Å²) in [5.74, 6) is 0.203. The number of carbonyl (C=O) groups is 1. The largest absolute Gasteiger partial charge is 0.487 e. The molecule has 20 heavy (non-hydrogen) atoms. The van der Waals surface area contributed by atoms with Gasteiger partial charge in [0, 0.05) is 16.5 Å². The first-order chi connectivity index (χ1) is 9.26. The molecule has 1 atom stereocenters. The van der Waals surface area contributed by atoms with Gasteiger partial charge in [-0.15, -0.1) is 11.6 Å². The molecular formula is C14H17BrClNO3. The molecular weight excluding hydrogens is 346 g/mol. The van der Waals surface area contributed by atoms with E-state index in [4.69, 9.17) is 16.3 Å². The number of hydrogen-bond donors (Lipinski definition) is 2. The summed E-state index contributed by atoms with van der Waals surface area (Å²) in [5.41, 5.74) is -1.02. The number of nitrogens with one attached hydrogen (secondary N) is 1. The summed E-state index contributed by atoms with van der Waals surface area (Å²) in [5, 5.41) is 13.6. The normalized spacial score (nSPS) is 23.6. The van der Waals surface area contributed by atoms with Gasteiger partial charge in [0.05, 0.1) is 6.54 Å². The minimum atomic E-state index is -1.18. The van der Waals surface area contributed by atoms with Gasteiger partial charge in [-0.25, -0.2) is 0 Å². The van der Waals surface area contributed by atoms with Crippen LogP contribution in [-0.2, 0) is 10.4 Å². The van der Waals surface area contributed by atoms with Crippen molar-refractivity contribution in [3.8, 4) is 5.75 Å². The molecule has 1 heterocycles. The van der Waals surface area contributed by atoms with Gasteiger partial charge in [-0.2, -0.15) is 0 Å². The van der Waals surface area contributed by atoms with Crippen LogP contribution in [0.5, 0.6) is 5.75 Å². The lowest BCUT2D eigenvalue weighted by Gasteiger charge is -2.43. The van der Waals surface area contributed by atoms with Gasteiger partial charge in [0.25, 0.3) is 0 Å². The van der Waals surface area contributed by atoms with Gasteiger partial charge in [0.2, 0.25) is 5.91 Å². The molecule has 0 spiro atoms. The van der Waals surface area contributed by atoms with E-state index in [1.165, 1.54) is 0 Å². The van der Waals surface area contributed by atoms with Crippen molar-refractivity contribution in [3.05, 3.63) is 28.2 Å². The van der Waals surface area contributed by atoms with Crippen LogP contribution in [0.15, 0.2) is 22.7 Å². The van der Waals surface area contributed by atoms with Crippen LogP contribution in [0.1, 0.15) is 25.8 Å². The summed E-state index contributed by atoms with van der Waals surface area (Å²) in [6.45, 7) is 3.92. The number of hydrogen-bond acceptors (Lipinski definition) is 3. The van der Waals surface area contributed by atoms with Gasteiger partial charge in [-0.05, 0) is 32.0 Å². The second kappa shape index (κ2) is 5.54. The maximum atomic E-state index is 11.3. The second-order valence-electron chi connectivity index (χ2n) is 5.62. The zero-order chi connectivity index (χ0) is 15.0. The van der Waals surface area contributed by atoms with Crippen LogP contribution in [0.4, 0.5) is 0 Å². The van der Waals surface area contributed by atoms with Gasteiger partial charge in [-0.3, -0.25) is 4.79 Å². The summed E-state index contributed by atoms with van der Waals surface area (Å²) in [6.07, 6.45) is 0.381. The minimum Gasteiger partial charge on any atom is -0.487 e. The topological polar surface area (TPSA) is 58.6 Å². The monoisotopic (exact) mass is 361 g/mol. The quantitative estimate of drug-likeness (QED) is 0.813. The molecule has 1 aliphatic rings. The Morgan fingerprint density at radius 2 is 2.25 bits per heavy atom. The molecule has 1 amide bonds. The van der Waals surface area contributed by atoms with Crippen molar-refractivity contribution < 1.29 is 14.6 Å². The summed E-state index contributed by atoms with van der Waals surface area (Å²) in [6, 6.07) is 5.49. The molecule has 0 aliphatic carbocycles. The van der Waals surface area contributed by atoms with E-state index in [1.54, 1.807) is 0 Å². The first-order valence-corrected chi connectivity index (χ1v) is 7.63. The lowest BCUT2D eigenvalue weighted by molar-refractivity contribution is -0.121. The highest BCUT2D eigenvalue weighted by Crippen LogP contribution is 2.44. The van der Waals surface area contributed by atoms with Crippen LogP contribution in [0.25, 0.3) is 0 Å². The lowest BCUT2D eigenvalue weighted by atomic mass is 9.80. The summed E-state index contributed by atoms with van der Waals surface area (Å²) in [7, 11) is 0. The van der Waals surface area contributed by atoms with E-state index in [0.717, 1.165) is 4.47 Å². The Labute approximate surface area is 131 Å². The Balaban J connectivity index is 2.36. The number of aliphatic hydroxyl groups is 1. The molecule has 0 radical (unpaired) electrons. The Morgan fingerprint density at radius 1 is 1.55 bits per heavy atom. The zero-order valence-electron chi connectivity index (χ0n) is 11.4. The van der Waals surface area contributed by atoms with Gasteiger partial charge in [0.15, 0.2) is 0 Å². The zero-order valence-corrected chi connectivity index (χ0v) is 13.7. The first kappa shape index (κ1) is 15.6. The van der Waals surface area contributed by atoms with Crippen LogP contribution in [-0.4, -0.2) is 29.0 Å². The molecule has 2 N–H and O–H groups in total. The third kappa shape index (κ3) is 3.27. The number of ether oxygens (including phenoxy) is 1. The van der Waals surface area contributed by atoms with Crippen molar-refractivity contribution in [1.29, 1.82) is 0 Å². The number of halogens is 2. The van der Waals surface area contributed by atoms with Crippen LogP contribution < -0.4 is 10.1 Å². The second-order valence-corrected chi connectivity index (χ2v) is 6.80. The fourth-order valence-corrected chi connectivity index (χ4v) is 2.99. The van der Waals surface area contributed by atoms with Crippen molar-refractivity contribution in [3.63, 3.8) is 0 Å². The number of fused-ring (bicyclic) bond motifs is 1. The van der Waals surface area contributed by atoms with Crippen molar-refractivity contribution in [2.75, 3.05) is 12.4 Å². The van der Waals surface area contributed by atoms with Crippen molar-refractivity contribution in [2.45, 2.75) is 31.5 Å². The molecule has 110 valence electrons. The first-order valence-electron chi connectivity index (χ1n) is 6.30. The van der Waals surface area contributed by atoms with Gasteiger partial charge in [0.1, 0.15) is 22.8 Å². The highest BCUT2D eigenvalue weighted by atomic mass is 79.9. The number of benzene rings is 1. The molecule has 4 nitrogen and oxygen atoms in total. The van der Waals surface area contributed by atoms with Crippen LogP contribution in [0, 0.1) is 0 Å². The number of carbonyl (C=O) groups excluding carboxylic acids is 1. The molecule has 1 unspecified atom stereocenters. The summed E-state index contributed by atoms with van der Waals surface area (Å²) >= 11 is 8.86. The molecule has 0 saturated heterocycles. The molecule has 6 heteroatoms. The summed E-state index contributed by atoms with van der Waals surface area (Å²) < 4.78 is 6.73. The molecule has 1 aromatic carbocycles. The third-order valence-corrected chi connectivity index (χ3v) is 3.98. The Bertz CT molecular complexity index is 535. The summed E-state index contributed by atoms with van der Waals surface area (Å²) in [4.78, 5) is 11.3. The molecule has 0 saturated carbocycles. The highest BCUT2D eigenvalue weighted by molar-refractivity contribution is 9.10. The molecule has 0 fully saturated rings. The van der Waals surface area contributed by atoms with Crippen LogP contribution in [0.2, 0.25) is 0 Å². The Morgan fingerprint density at radius 3 is 2.90 bits per heavy atom. The van der Waals surface area contributed by atoms with E-state index in [2.05, 4.69) is 21.2 Å². The predicted octanol–water partition coefficient (Wildman–Crippen LogP) is 2.55. The Hall–Kier alpha value is -0.780. The number of rotatable bonds is 3. The number of amides is 1. The van der Waals surface area contributed by atoms with Crippen molar-refractivity contribution >= 4 is 33.4 Å². The standard InChI is InChI=1S/C14H17BrClNO3/c1-13(2)7-14(19,8-17-12(18)6-16)10-5-9(15)3-4-11(10)20-13/h3-5,19H,6-8H2,1-2H3,(H,17,18). The average Bonchev–Trinajstić information content (AvgIpc) is 2.36. The highest BCUT2D eigenvalue weighted by Gasteiger charge is 2.44. The third-order valence-electron chi connectivity index (χ3n) is 3.25. The molecule has 0 bridgehead atoms. The molecule has 1 aliphatic heterocycles. The maximum Gasteiger partial charge on any atom is 0.235 e. The lowest BCUT2D eigenvalue weighted by Crippen LogP contribution is -2.50. The molecule has 2 rings (SSSR count). The number of alkyl halides is 1. The van der Waals surface area contributed by atoms with E-state index < -0.39 is 11.2 Å². The molecule has 0 aromatic heterocycles. The predicted molar refractivity (Wildman–Crippen MR) is 81.1 cm³/mol. The smallest absolute Gasteiger partial charge is 0.235 e. The van der Waals surface area contributed by atoms with Gasteiger partial charge >= 0.3 is 0 Å². The fraction of sp³-hybridized carbons (Fsp3) is 0.500. The molecule has 1 aromatic rings. The van der Waals surface area contributed by atoms with E-state index in [9.17, 15) is 9.90 Å².